The van der Waals surface area contributed by atoms with E-state index in [1.807, 2.05) is 31.3 Å². The molecule has 0 spiro atoms. The molecule has 0 saturated heterocycles. The molecule has 0 radical (unpaired) electrons. The molecule has 1 aromatic carbocycles. The molecule has 0 aliphatic rings. The third-order valence-electron chi connectivity index (χ3n) is 2.36. The number of aromatic nitrogens is 3. The molecule has 2 aromatic rings. The van der Waals surface area contributed by atoms with Gasteiger partial charge < -0.3 is 5.73 Å². The molecular formula is C11H13BrN4. The number of halogens is 1. The van der Waals surface area contributed by atoms with E-state index in [9.17, 15) is 0 Å². The second kappa shape index (κ2) is 4.76. The fourth-order valence-corrected chi connectivity index (χ4v) is 1.93. The van der Waals surface area contributed by atoms with Gasteiger partial charge in [0.1, 0.15) is 0 Å². The summed E-state index contributed by atoms with van der Waals surface area (Å²) in [5.74, 6) is 0. The molecule has 0 saturated carbocycles. The standard InChI is InChI=1S/C11H13BrN4/c1-8-3-2-4-10(11(8)12)16-7-9(5-6-13)14-15-16/h2-4,7H,5-6,13H2,1H3. The van der Waals surface area contributed by atoms with Crippen molar-refractivity contribution in [1.82, 2.24) is 15.0 Å². The average Bonchev–Trinajstić information content (AvgIpc) is 2.71. The van der Waals surface area contributed by atoms with E-state index in [-0.39, 0.29) is 0 Å². The van der Waals surface area contributed by atoms with Crippen LogP contribution >= 0.6 is 15.9 Å². The predicted molar refractivity (Wildman–Crippen MR) is 66.6 cm³/mol. The second-order valence-corrected chi connectivity index (χ2v) is 4.39. The largest absolute Gasteiger partial charge is 0.330 e. The summed E-state index contributed by atoms with van der Waals surface area (Å²) in [4.78, 5) is 0. The number of nitrogens with zero attached hydrogens (tertiary/aromatic N) is 3. The minimum atomic E-state index is 0.591. The maximum atomic E-state index is 5.48. The molecule has 2 rings (SSSR count). The van der Waals surface area contributed by atoms with Crippen molar-refractivity contribution in [2.45, 2.75) is 13.3 Å². The predicted octanol–water partition coefficient (Wildman–Crippen LogP) is 1.84. The maximum Gasteiger partial charge on any atom is 0.0844 e. The minimum Gasteiger partial charge on any atom is -0.330 e. The fraction of sp³-hybridized carbons (Fsp3) is 0.273. The summed E-state index contributed by atoms with van der Waals surface area (Å²) in [5, 5.41) is 8.15. The van der Waals surface area contributed by atoms with Crippen LogP contribution in [0, 0.1) is 6.92 Å². The van der Waals surface area contributed by atoms with Crippen LogP contribution in [-0.4, -0.2) is 21.5 Å². The minimum absolute atomic E-state index is 0.591. The van der Waals surface area contributed by atoms with Gasteiger partial charge >= 0.3 is 0 Å². The maximum absolute atomic E-state index is 5.48. The number of nitrogens with two attached hydrogens (primary N) is 1. The van der Waals surface area contributed by atoms with E-state index < -0.39 is 0 Å². The van der Waals surface area contributed by atoms with Crippen LogP contribution in [0.5, 0.6) is 0 Å². The van der Waals surface area contributed by atoms with Gasteiger partial charge in [-0.1, -0.05) is 17.3 Å². The Labute approximate surface area is 103 Å². The zero-order valence-corrected chi connectivity index (χ0v) is 10.6. The van der Waals surface area contributed by atoms with Crippen LogP contribution < -0.4 is 5.73 Å². The van der Waals surface area contributed by atoms with Crippen molar-refractivity contribution in [2.24, 2.45) is 5.73 Å². The Kier molecular flexibility index (Phi) is 3.36. The number of benzene rings is 1. The molecule has 0 fully saturated rings. The molecule has 1 aromatic heterocycles. The highest BCUT2D eigenvalue weighted by Crippen LogP contribution is 2.23. The van der Waals surface area contributed by atoms with Gasteiger partial charge in [-0.2, -0.15) is 0 Å². The monoisotopic (exact) mass is 280 g/mol. The van der Waals surface area contributed by atoms with Crippen molar-refractivity contribution >= 4 is 15.9 Å². The highest BCUT2D eigenvalue weighted by Gasteiger charge is 2.07. The highest BCUT2D eigenvalue weighted by molar-refractivity contribution is 9.10. The van der Waals surface area contributed by atoms with E-state index in [2.05, 4.69) is 26.2 Å². The Morgan fingerprint density at radius 3 is 3.00 bits per heavy atom. The van der Waals surface area contributed by atoms with E-state index in [1.54, 1.807) is 4.68 Å². The van der Waals surface area contributed by atoms with Crippen molar-refractivity contribution in [3.63, 3.8) is 0 Å². The van der Waals surface area contributed by atoms with E-state index in [4.69, 9.17) is 5.73 Å². The van der Waals surface area contributed by atoms with Gasteiger partial charge in [-0.05, 0) is 41.0 Å². The van der Waals surface area contributed by atoms with Crippen molar-refractivity contribution in [3.8, 4) is 5.69 Å². The van der Waals surface area contributed by atoms with Crippen LogP contribution in [0.15, 0.2) is 28.9 Å². The Bertz CT molecular complexity index is 492. The zero-order chi connectivity index (χ0) is 11.5. The zero-order valence-electron chi connectivity index (χ0n) is 9.02. The van der Waals surface area contributed by atoms with Gasteiger partial charge in [0.2, 0.25) is 0 Å². The van der Waals surface area contributed by atoms with Gasteiger partial charge in [0, 0.05) is 10.9 Å². The molecule has 2 N–H and O–H groups in total. The van der Waals surface area contributed by atoms with Crippen molar-refractivity contribution < 1.29 is 0 Å². The number of rotatable bonds is 3. The van der Waals surface area contributed by atoms with Crippen LogP contribution in [0.4, 0.5) is 0 Å². The summed E-state index contributed by atoms with van der Waals surface area (Å²) in [6, 6.07) is 6.04. The lowest BCUT2D eigenvalue weighted by Gasteiger charge is -2.05. The molecule has 84 valence electrons. The summed E-state index contributed by atoms with van der Waals surface area (Å²) >= 11 is 3.55. The van der Waals surface area contributed by atoms with Gasteiger partial charge in [0.15, 0.2) is 0 Å². The average molecular weight is 281 g/mol. The van der Waals surface area contributed by atoms with Crippen LogP contribution in [0.25, 0.3) is 5.69 Å². The summed E-state index contributed by atoms with van der Waals surface area (Å²) < 4.78 is 2.81. The van der Waals surface area contributed by atoms with Gasteiger partial charge in [0.05, 0.1) is 17.6 Å². The summed E-state index contributed by atoms with van der Waals surface area (Å²) in [5.41, 5.74) is 8.56. The Morgan fingerprint density at radius 1 is 1.44 bits per heavy atom. The van der Waals surface area contributed by atoms with E-state index in [0.29, 0.717) is 6.54 Å². The van der Waals surface area contributed by atoms with E-state index in [0.717, 1.165) is 22.3 Å². The molecule has 0 aliphatic carbocycles. The number of hydrogen-bond acceptors (Lipinski definition) is 3. The molecule has 4 nitrogen and oxygen atoms in total. The Morgan fingerprint density at radius 2 is 2.25 bits per heavy atom. The third kappa shape index (κ3) is 2.15. The van der Waals surface area contributed by atoms with Crippen LogP contribution in [0.3, 0.4) is 0 Å². The first-order chi connectivity index (χ1) is 7.72. The molecule has 0 bridgehead atoms. The molecule has 1 heterocycles. The molecule has 0 atom stereocenters. The summed E-state index contributed by atoms with van der Waals surface area (Å²) in [7, 11) is 0. The second-order valence-electron chi connectivity index (χ2n) is 3.60. The van der Waals surface area contributed by atoms with Crippen LogP contribution in [0.2, 0.25) is 0 Å². The number of aryl methyl sites for hydroxylation is 1. The molecule has 0 amide bonds. The smallest absolute Gasteiger partial charge is 0.0844 e. The van der Waals surface area contributed by atoms with Crippen molar-refractivity contribution in [1.29, 1.82) is 0 Å². The molecule has 5 heteroatoms. The highest BCUT2D eigenvalue weighted by atomic mass is 79.9. The SMILES string of the molecule is Cc1cccc(-n2cc(CCN)nn2)c1Br. The first kappa shape index (κ1) is 11.3. The Balaban J connectivity index is 2.39. The first-order valence-corrected chi connectivity index (χ1v) is 5.88. The van der Waals surface area contributed by atoms with Gasteiger partial charge in [-0.25, -0.2) is 4.68 Å². The summed E-state index contributed by atoms with van der Waals surface area (Å²) in [6.45, 7) is 2.64. The van der Waals surface area contributed by atoms with Gasteiger partial charge in [-0.3, -0.25) is 0 Å². The summed E-state index contributed by atoms with van der Waals surface area (Å²) in [6.07, 6.45) is 2.66. The normalized spacial score (nSPS) is 10.7. The molecule has 16 heavy (non-hydrogen) atoms. The van der Waals surface area contributed by atoms with Crippen molar-refractivity contribution in [2.75, 3.05) is 6.54 Å². The molecule has 0 aliphatic heterocycles. The Hall–Kier alpha value is -1.20. The molecular weight excluding hydrogens is 268 g/mol. The first-order valence-electron chi connectivity index (χ1n) is 5.09. The van der Waals surface area contributed by atoms with E-state index in [1.165, 1.54) is 5.56 Å². The number of hydrogen-bond donors (Lipinski definition) is 1. The lowest BCUT2D eigenvalue weighted by molar-refractivity contribution is 0.791. The quantitative estimate of drug-likeness (QED) is 0.934. The lowest BCUT2D eigenvalue weighted by Crippen LogP contribution is -2.02. The topological polar surface area (TPSA) is 56.7 Å². The fourth-order valence-electron chi connectivity index (χ4n) is 1.49. The lowest BCUT2D eigenvalue weighted by atomic mass is 10.2. The molecule has 0 unspecified atom stereocenters. The van der Waals surface area contributed by atoms with Crippen LogP contribution in [-0.2, 0) is 6.42 Å². The van der Waals surface area contributed by atoms with Crippen LogP contribution in [0.1, 0.15) is 11.3 Å². The van der Waals surface area contributed by atoms with Gasteiger partial charge in [0.25, 0.3) is 0 Å². The van der Waals surface area contributed by atoms with Crippen molar-refractivity contribution in [3.05, 3.63) is 40.1 Å². The third-order valence-corrected chi connectivity index (χ3v) is 3.39. The van der Waals surface area contributed by atoms with Gasteiger partial charge in [-0.15, -0.1) is 5.10 Å². The van der Waals surface area contributed by atoms with E-state index >= 15 is 0 Å².